The van der Waals surface area contributed by atoms with Gasteiger partial charge in [0.05, 0.1) is 0 Å². The van der Waals surface area contributed by atoms with Gasteiger partial charge in [0, 0.05) is 29.6 Å². The second-order valence-electron chi connectivity index (χ2n) is 7.46. The van der Waals surface area contributed by atoms with E-state index in [1.807, 2.05) is 0 Å². The number of allylic oxidation sites excluding steroid dienone is 8. The van der Waals surface area contributed by atoms with Gasteiger partial charge in [0.2, 0.25) is 0 Å². The lowest BCUT2D eigenvalue weighted by Crippen LogP contribution is -2.54. The summed E-state index contributed by atoms with van der Waals surface area (Å²) >= 11 is 0. The van der Waals surface area contributed by atoms with Crippen LogP contribution in [-0.4, -0.2) is 0 Å². The highest BCUT2D eigenvalue weighted by molar-refractivity contribution is 5.42. The molecule has 0 aromatic carbocycles. The smallest absolute Gasteiger partial charge is 0.0597 e. The van der Waals surface area contributed by atoms with E-state index in [1.165, 1.54) is 31.3 Å². The van der Waals surface area contributed by atoms with Crippen LogP contribution in [0.1, 0.15) is 32.1 Å². The van der Waals surface area contributed by atoms with Crippen molar-refractivity contribution in [1.82, 2.24) is 0 Å². The Morgan fingerprint density at radius 3 is 2.42 bits per heavy atom. The summed E-state index contributed by atoms with van der Waals surface area (Å²) in [5, 5.41) is 0. The van der Waals surface area contributed by atoms with E-state index in [0.717, 1.165) is 23.7 Å². The van der Waals surface area contributed by atoms with Crippen molar-refractivity contribution in [1.29, 1.82) is 0 Å². The van der Waals surface area contributed by atoms with Crippen LogP contribution >= 0.6 is 0 Å². The predicted molar refractivity (Wildman–Crippen MR) is 77.1 cm³/mol. The van der Waals surface area contributed by atoms with Crippen LogP contribution in [0.15, 0.2) is 42.0 Å². The molecule has 4 fully saturated rings. The third kappa shape index (κ3) is 1.24. The monoisotopic (exact) mass is 249 g/mol. The van der Waals surface area contributed by atoms with Gasteiger partial charge in [0.1, 0.15) is 11.6 Å². The Kier molecular flexibility index (Phi) is 1.96. The quantitative estimate of drug-likeness (QED) is 0.556. The molecule has 1 unspecified atom stereocenters. The van der Waals surface area contributed by atoms with E-state index in [1.54, 1.807) is 6.42 Å². The van der Waals surface area contributed by atoms with Crippen molar-refractivity contribution in [2.24, 2.45) is 35.0 Å². The van der Waals surface area contributed by atoms with Crippen LogP contribution in [0.25, 0.3) is 0 Å². The molecule has 0 nitrogen and oxygen atoms in total. The molecule has 19 heavy (non-hydrogen) atoms. The molecule has 6 aliphatic carbocycles. The summed E-state index contributed by atoms with van der Waals surface area (Å²) in [6.07, 6.45) is 25.0. The topological polar surface area (TPSA) is 0 Å². The second-order valence-corrected chi connectivity index (χ2v) is 7.46. The van der Waals surface area contributed by atoms with Crippen molar-refractivity contribution in [3.8, 4) is 0 Å². The molecule has 0 heteroatoms. The van der Waals surface area contributed by atoms with Crippen molar-refractivity contribution in [3.05, 3.63) is 48.1 Å². The number of rotatable bonds is 0. The molecule has 0 N–H and O–H groups in total. The molecule has 4 bridgehead atoms. The zero-order valence-electron chi connectivity index (χ0n) is 11.4. The third-order valence-corrected chi connectivity index (χ3v) is 6.74. The third-order valence-electron chi connectivity index (χ3n) is 6.74. The van der Waals surface area contributed by atoms with Gasteiger partial charge in [-0.1, -0.05) is 6.08 Å². The molecule has 0 aromatic heterocycles. The first kappa shape index (κ1) is 10.6. The van der Waals surface area contributed by atoms with Crippen LogP contribution in [0.3, 0.4) is 0 Å². The fraction of sp³-hybridized carbons (Fsp3) is 0.579. The summed E-state index contributed by atoms with van der Waals surface area (Å²) in [7, 11) is 0. The predicted octanol–water partition coefficient (Wildman–Crippen LogP) is 4.47. The van der Waals surface area contributed by atoms with Gasteiger partial charge in [-0.05, 0) is 67.9 Å². The largest absolute Gasteiger partial charge is 0.122 e. The van der Waals surface area contributed by atoms with Crippen molar-refractivity contribution in [3.63, 3.8) is 0 Å². The Hall–Kier alpha value is -1.13. The minimum absolute atomic E-state index is 0.471. The average Bonchev–Trinajstić information content (AvgIpc) is 2.60. The fourth-order valence-electron chi connectivity index (χ4n) is 6.27. The van der Waals surface area contributed by atoms with E-state index in [-0.39, 0.29) is 0 Å². The van der Waals surface area contributed by atoms with Gasteiger partial charge < -0.3 is 0 Å². The van der Waals surface area contributed by atoms with Crippen LogP contribution in [0.2, 0.25) is 0 Å². The van der Waals surface area contributed by atoms with Crippen molar-refractivity contribution < 1.29 is 0 Å². The number of hydrogen-bond donors (Lipinski definition) is 0. The van der Waals surface area contributed by atoms with Crippen LogP contribution in [0.4, 0.5) is 0 Å². The first-order valence-corrected chi connectivity index (χ1v) is 8.02. The first-order chi connectivity index (χ1) is 9.36. The zero-order chi connectivity index (χ0) is 12.4. The van der Waals surface area contributed by atoms with Crippen LogP contribution < -0.4 is 0 Å². The lowest BCUT2D eigenvalue weighted by atomic mass is 9.43. The molecular weight excluding hydrogens is 228 g/mol. The minimum atomic E-state index is 0.471. The number of hydrogen-bond acceptors (Lipinski definition) is 0. The van der Waals surface area contributed by atoms with E-state index in [9.17, 15) is 0 Å². The molecule has 0 saturated heterocycles. The molecule has 1 atom stereocenters. The van der Waals surface area contributed by atoms with Gasteiger partial charge in [-0.3, -0.25) is 0 Å². The molecule has 0 amide bonds. The van der Waals surface area contributed by atoms with E-state index >= 15 is 0 Å². The summed E-state index contributed by atoms with van der Waals surface area (Å²) in [6.45, 7) is 0. The van der Waals surface area contributed by atoms with Gasteiger partial charge >= 0.3 is 0 Å². The Labute approximate surface area is 116 Å². The first-order valence-electron chi connectivity index (χ1n) is 8.02. The summed E-state index contributed by atoms with van der Waals surface area (Å²) < 4.78 is 0. The molecular formula is C19H21+. The molecule has 96 valence electrons. The van der Waals surface area contributed by atoms with Gasteiger partial charge in [0.15, 0.2) is 0 Å². The van der Waals surface area contributed by atoms with E-state index in [0.29, 0.717) is 11.3 Å². The van der Waals surface area contributed by atoms with Crippen molar-refractivity contribution >= 4 is 0 Å². The molecule has 1 spiro atoms. The van der Waals surface area contributed by atoms with E-state index in [4.69, 9.17) is 0 Å². The SMILES string of the molecule is [C+]1=C2C=CC3(C4CC5CC(C4)CC3C5)C2C=CC=C1. The standard InChI is InChI=1S/C19H21/c1-2-4-15-6-7-19(18(15)5-3-1)16-9-13-8-14(11-16)12-17(19)10-13/h1-3,5-7,13-14,16-18H,8-12H2/q+1. The highest BCUT2D eigenvalue weighted by Gasteiger charge is 2.61. The molecule has 4 saturated carbocycles. The highest BCUT2D eigenvalue weighted by Crippen LogP contribution is 2.68. The molecule has 6 rings (SSSR count). The average molecular weight is 249 g/mol. The lowest BCUT2D eigenvalue weighted by Gasteiger charge is -2.60. The molecule has 0 aromatic rings. The summed E-state index contributed by atoms with van der Waals surface area (Å²) in [5.41, 5.74) is 1.91. The maximum atomic E-state index is 3.51. The Balaban J connectivity index is 1.63. The van der Waals surface area contributed by atoms with Crippen molar-refractivity contribution in [2.75, 3.05) is 0 Å². The zero-order valence-corrected chi connectivity index (χ0v) is 11.4. The van der Waals surface area contributed by atoms with Gasteiger partial charge in [0.25, 0.3) is 0 Å². The Bertz CT molecular complexity index is 500. The minimum Gasteiger partial charge on any atom is -0.0597 e. The fourth-order valence-corrected chi connectivity index (χ4v) is 6.27. The van der Waals surface area contributed by atoms with Gasteiger partial charge in [-0.2, -0.15) is 0 Å². The Morgan fingerprint density at radius 2 is 1.68 bits per heavy atom. The van der Waals surface area contributed by atoms with Gasteiger partial charge in [-0.25, -0.2) is 0 Å². The Morgan fingerprint density at radius 1 is 0.947 bits per heavy atom. The second kappa shape index (κ2) is 3.49. The molecule has 0 radical (unpaired) electrons. The van der Waals surface area contributed by atoms with E-state index in [2.05, 4.69) is 42.5 Å². The molecule has 0 aliphatic heterocycles. The maximum Gasteiger partial charge on any atom is 0.122 e. The summed E-state index contributed by atoms with van der Waals surface area (Å²) in [5.74, 6) is 4.65. The lowest BCUT2D eigenvalue weighted by molar-refractivity contribution is -0.0914. The normalized spacial score (nSPS) is 52.2. The van der Waals surface area contributed by atoms with Crippen LogP contribution in [-0.2, 0) is 0 Å². The number of fused-ring (bicyclic) bond motifs is 1. The molecule has 0 heterocycles. The summed E-state index contributed by atoms with van der Waals surface area (Å²) in [6, 6.07) is 0. The van der Waals surface area contributed by atoms with Crippen LogP contribution in [0.5, 0.6) is 0 Å². The van der Waals surface area contributed by atoms with Crippen LogP contribution in [0, 0.1) is 41.1 Å². The highest BCUT2D eigenvalue weighted by atomic mass is 14.6. The van der Waals surface area contributed by atoms with Gasteiger partial charge in [-0.15, -0.1) is 0 Å². The van der Waals surface area contributed by atoms with Crippen molar-refractivity contribution in [2.45, 2.75) is 32.1 Å². The maximum absolute atomic E-state index is 3.51. The molecule has 6 aliphatic rings. The summed E-state index contributed by atoms with van der Waals surface area (Å²) in [4.78, 5) is 0. The van der Waals surface area contributed by atoms with E-state index < -0.39 is 0 Å².